The van der Waals surface area contributed by atoms with E-state index in [2.05, 4.69) is 10.3 Å². The van der Waals surface area contributed by atoms with Crippen molar-refractivity contribution in [2.75, 3.05) is 0 Å². The summed E-state index contributed by atoms with van der Waals surface area (Å²) in [6, 6.07) is 17.7. The highest BCUT2D eigenvalue weighted by molar-refractivity contribution is 6.30. The molecule has 2 heterocycles. The van der Waals surface area contributed by atoms with Crippen molar-refractivity contribution in [2.24, 2.45) is 0 Å². The Labute approximate surface area is 173 Å². The molecule has 0 aliphatic carbocycles. The molecule has 0 saturated carbocycles. The average Bonchev–Trinajstić information content (AvgIpc) is 3.10. The van der Waals surface area contributed by atoms with Gasteiger partial charge >= 0.3 is 0 Å². The molecule has 4 rings (SSSR count). The Balaban J connectivity index is 1.50. The fourth-order valence-corrected chi connectivity index (χ4v) is 3.43. The molecule has 29 heavy (non-hydrogen) atoms. The summed E-state index contributed by atoms with van der Waals surface area (Å²) in [7, 11) is 0. The number of nitrogens with zero attached hydrogens (tertiary/aromatic N) is 2. The van der Waals surface area contributed by atoms with Crippen LogP contribution in [0.4, 0.5) is 4.39 Å². The van der Waals surface area contributed by atoms with Crippen molar-refractivity contribution in [3.8, 4) is 11.1 Å². The van der Waals surface area contributed by atoms with E-state index in [9.17, 15) is 9.18 Å². The summed E-state index contributed by atoms with van der Waals surface area (Å²) in [5, 5.41) is 3.55. The highest BCUT2D eigenvalue weighted by atomic mass is 35.5. The molecular formula is C23H19ClFN3O. The minimum Gasteiger partial charge on any atom is -0.347 e. The van der Waals surface area contributed by atoms with Crippen LogP contribution in [0.5, 0.6) is 0 Å². The third-order valence-corrected chi connectivity index (χ3v) is 5.03. The third kappa shape index (κ3) is 4.00. The van der Waals surface area contributed by atoms with Crippen molar-refractivity contribution in [1.29, 1.82) is 0 Å². The molecule has 0 unspecified atom stereocenters. The largest absolute Gasteiger partial charge is 0.347 e. The summed E-state index contributed by atoms with van der Waals surface area (Å²) in [4.78, 5) is 17.3. The second kappa shape index (κ2) is 8.05. The number of halogens is 2. The van der Waals surface area contributed by atoms with Gasteiger partial charge in [-0.05, 0) is 41.3 Å². The number of aryl methyl sites for hydroxylation is 1. The molecule has 1 N–H and O–H groups in total. The molecule has 0 fully saturated rings. The number of hydrogen-bond acceptors (Lipinski definition) is 2. The van der Waals surface area contributed by atoms with Crippen LogP contribution >= 0.6 is 11.6 Å². The smallest absolute Gasteiger partial charge is 0.270 e. The first-order valence-electron chi connectivity index (χ1n) is 9.34. The number of carbonyl (C=O) groups is 1. The van der Waals surface area contributed by atoms with Crippen molar-refractivity contribution < 1.29 is 9.18 Å². The van der Waals surface area contributed by atoms with E-state index in [-0.39, 0.29) is 11.7 Å². The van der Waals surface area contributed by atoms with Gasteiger partial charge in [-0.2, -0.15) is 0 Å². The molecule has 6 heteroatoms. The molecule has 0 aliphatic rings. The monoisotopic (exact) mass is 407 g/mol. The molecular weight excluding hydrogens is 389 g/mol. The highest BCUT2D eigenvalue weighted by Crippen LogP contribution is 2.21. The highest BCUT2D eigenvalue weighted by Gasteiger charge is 2.18. The van der Waals surface area contributed by atoms with Crippen LogP contribution in [-0.4, -0.2) is 15.3 Å². The zero-order chi connectivity index (χ0) is 20.4. The third-order valence-electron chi connectivity index (χ3n) is 4.79. The van der Waals surface area contributed by atoms with Crippen LogP contribution in [0.25, 0.3) is 16.8 Å². The lowest BCUT2D eigenvalue weighted by Crippen LogP contribution is -2.25. The summed E-state index contributed by atoms with van der Waals surface area (Å²) in [5.74, 6) is -0.437. The van der Waals surface area contributed by atoms with Gasteiger partial charge in [0.1, 0.15) is 17.2 Å². The average molecular weight is 408 g/mol. The molecule has 0 spiro atoms. The molecule has 0 radical (unpaired) electrons. The molecule has 0 bridgehead atoms. The number of rotatable bonds is 5. The Morgan fingerprint density at radius 2 is 1.72 bits per heavy atom. The van der Waals surface area contributed by atoms with E-state index in [0.29, 0.717) is 29.3 Å². The number of nitrogens with one attached hydrogen (secondary N) is 1. The van der Waals surface area contributed by atoms with Gasteiger partial charge in [-0.1, -0.05) is 54.9 Å². The maximum atomic E-state index is 13.1. The van der Waals surface area contributed by atoms with Gasteiger partial charge in [0.05, 0.1) is 5.69 Å². The van der Waals surface area contributed by atoms with Crippen molar-refractivity contribution in [2.45, 2.75) is 19.9 Å². The number of hydrogen-bond donors (Lipinski definition) is 1. The van der Waals surface area contributed by atoms with Crippen molar-refractivity contribution in [1.82, 2.24) is 14.7 Å². The second-order valence-corrected chi connectivity index (χ2v) is 7.16. The molecule has 4 aromatic rings. The summed E-state index contributed by atoms with van der Waals surface area (Å²) in [5.41, 5.74) is 4.83. The molecule has 0 atom stereocenters. The number of aromatic nitrogens is 2. The van der Waals surface area contributed by atoms with Crippen molar-refractivity contribution in [3.05, 3.63) is 94.7 Å². The van der Waals surface area contributed by atoms with E-state index >= 15 is 0 Å². The first-order valence-corrected chi connectivity index (χ1v) is 9.72. The Morgan fingerprint density at radius 1 is 1.07 bits per heavy atom. The van der Waals surface area contributed by atoms with Gasteiger partial charge in [0, 0.05) is 23.8 Å². The molecule has 2 aromatic heterocycles. The van der Waals surface area contributed by atoms with E-state index in [1.165, 1.54) is 12.1 Å². The fraction of sp³-hybridized carbons (Fsp3) is 0.130. The lowest BCUT2D eigenvalue weighted by atomic mass is 10.0. The lowest BCUT2D eigenvalue weighted by molar-refractivity contribution is 0.0944. The summed E-state index contributed by atoms with van der Waals surface area (Å²) >= 11 is 6.04. The van der Waals surface area contributed by atoms with Gasteiger partial charge < -0.3 is 5.32 Å². The minimum absolute atomic E-state index is 0.181. The van der Waals surface area contributed by atoms with E-state index in [1.54, 1.807) is 34.9 Å². The molecule has 146 valence electrons. The summed E-state index contributed by atoms with van der Waals surface area (Å²) in [6.07, 6.45) is 2.41. The first kappa shape index (κ1) is 19.2. The van der Waals surface area contributed by atoms with E-state index in [0.717, 1.165) is 22.4 Å². The number of fused-ring (bicyclic) bond motifs is 1. The van der Waals surface area contributed by atoms with Crippen molar-refractivity contribution >= 4 is 23.2 Å². The number of amides is 1. The Bertz CT molecular complexity index is 1170. The van der Waals surface area contributed by atoms with Gasteiger partial charge in [-0.3, -0.25) is 9.20 Å². The first-order chi connectivity index (χ1) is 14.0. The van der Waals surface area contributed by atoms with Crippen molar-refractivity contribution in [3.63, 3.8) is 0 Å². The van der Waals surface area contributed by atoms with Gasteiger partial charge in [-0.25, -0.2) is 9.37 Å². The number of imidazole rings is 1. The number of carbonyl (C=O) groups excluding carboxylic acids is 1. The minimum atomic E-state index is -0.255. The molecule has 4 nitrogen and oxygen atoms in total. The van der Waals surface area contributed by atoms with Gasteiger partial charge in [-0.15, -0.1) is 0 Å². The van der Waals surface area contributed by atoms with Gasteiger partial charge in [0.15, 0.2) is 0 Å². The van der Waals surface area contributed by atoms with Crippen LogP contribution in [-0.2, 0) is 13.0 Å². The second-order valence-electron chi connectivity index (χ2n) is 6.72. The maximum absolute atomic E-state index is 13.1. The van der Waals surface area contributed by atoms with Crippen LogP contribution in [0.3, 0.4) is 0 Å². The number of benzene rings is 2. The number of pyridine rings is 1. The topological polar surface area (TPSA) is 46.4 Å². The van der Waals surface area contributed by atoms with E-state index < -0.39 is 0 Å². The van der Waals surface area contributed by atoms with Crippen LogP contribution in [0.1, 0.15) is 28.7 Å². The summed E-state index contributed by atoms with van der Waals surface area (Å²) in [6.45, 7) is 2.36. The maximum Gasteiger partial charge on any atom is 0.270 e. The van der Waals surface area contributed by atoms with Crippen LogP contribution < -0.4 is 5.32 Å². The molecule has 2 aromatic carbocycles. The normalized spacial score (nSPS) is 11.0. The summed E-state index contributed by atoms with van der Waals surface area (Å²) < 4.78 is 14.8. The molecule has 1 amide bonds. The zero-order valence-electron chi connectivity index (χ0n) is 15.8. The van der Waals surface area contributed by atoms with Crippen LogP contribution in [0.2, 0.25) is 5.02 Å². The van der Waals surface area contributed by atoms with Gasteiger partial charge in [0.25, 0.3) is 5.91 Å². The zero-order valence-corrected chi connectivity index (χ0v) is 16.6. The Hall–Kier alpha value is -3.18. The molecule has 0 saturated heterocycles. The SMILES string of the molecule is CCc1nc2cc(Cl)ccn2c1C(=O)NCc1ccc(-c2ccc(F)cc2)cc1. The molecule has 0 aliphatic heterocycles. The lowest BCUT2D eigenvalue weighted by Gasteiger charge is -2.08. The van der Waals surface area contributed by atoms with Crippen LogP contribution in [0, 0.1) is 5.82 Å². The fourth-order valence-electron chi connectivity index (χ4n) is 3.28. The quantitative estimate of drug-likeness (QED) is 0.488. The van der Waals surface area contributed by atoms with Crippen LogP contribution in [0.15, 0.2) is 66.9 Å². The van der Waals surface area contributed by atoms with Gasteiger partial charge in [0.2, 0.25) is 0 Å². The predicted octanol–water partition coefficient (Wildman–Crippen LogP) is 5.29. The Morgan fingerprint density at radius 3 is 2.38 bits per heavy atom. The standard InChI is InChI=1S/C23H19ClFN3O/c1-2-20-22(28-12-11-18(24)13-21(28)27-20)23(29)26-14-15-3-5-16(6-4-15)17-7-9-19(25)10-8-17/h3-13H,2,14H2,1H3,(H,26,29). The van der Waals surface area contributed by atoms with E-state index in [4.69, 9.17) is 11.6 Å². The Kier molecular flexibility index (Phi) is 5.32. The van der Waals surface area contributed by atoms with E-state index in [1.807, 2.05) is 31.2 Å². The predicted molar refractivity (Wildman–Crippen MR) is 113 cm³/mol.